The zero-order valence-corrected chi connectivity index (χ0v) is 12.8. The summed E-state index contributed by atoms with van der Waals surface area (Å²) in [5.41, 5.74) is 4.14. The lowest BCUT2D eigenvalue weighted by atomic mass is 10.1. The van der Waals surface area contributed by atoms with Crippen LogP contribution < -0.4 is 9.64 Å². The molecule has 0 aromatic heterocycles. The van der Waals surface area contributed by atoms with Crippen molar-refractivity contribution in [2.45, 2.75) is 20.4 Å². The molecule has 0 spiro atoms. The van der Waals surface area contributed by atoms with E-state index in [1.54, 1.807) is 7.11 Å². The Morgan fingerprint density at radius 1 is 1.19 bits per heavy atom. The second-order valence-electron chi connectivity index (χ2n) is 5.00. The molecule has 2 aromatic carbocycles. The van der Waals surface area contributed by atoms with Crippen molar-refractivity contribution in [3.8, 4) is 11.8 Å². The molecule has 3 heteroatoms. The monoisotopic (exact) mass is 280 g/mol. The maximum Gasteiger partial charge on any atom is 0.136 e. The van der Waals surface area contributed by atoms with Crippen LogP contribution in [0.4, 0.5) is 5.69 Å². The highest BCUT2D eigenvalue weighted by Gasteiger charge is 2.08. The lowest BCUT2D eigenvalue weighted by molar-refractivity contribution is 0.413. The van der Waals surface area contributed by atoms with Gasteiger partial charge in [-0.1, -0.05) is 18.2 Å². The van der Waals surface area contributed by atoms with Crippen molar-refractivity contribution in [1.82, 2.24) is 0 Å². The summed E-state index contributed by atoms with van der Waals surface area (Å²) in [6, 6.07) is 16.4. The molecule has 2 aromatic rings. The number of nitriles is 1. The van der Waals surface area contributed by atoms with Gasteiger partial charge in [-0.3, -0.25) is 0 Å². The van der Waals surface area contributed by atoms with E-state index in [0.717, 1.165) is 18.7 Å². The minimum Gasteiger partial charge on any atom is -0.495 e. The van der Waals surface area contributed by atoms with Crippen LogP contribution in [0, 0.1) is 18.3 Å². The van der Waals surface area contributed by atoms with Gasteiger partial charge in [0, 0.05) is 18.8 Å². The molecular weight excluding hydrogens is 260 g/mol. The molecule has 0 saturated carbocycles. The topological polar surface area (TPSA) is 36.3 Å². The lowest BCUT2D eigenvalue weighted by Crippen LogP contribution is -2.22. The molecule has 0 aliphatic carbocycles. The summed E-state index contributed by atoms with van der Waals surface area (Å²) in [7, 11) is 1.58. The summed E-state index contributed by atoms with van der Waals surface area (Å²) in [5, 5.41) is 9.18. The van der Waals surface area contributed by atoms with Crippen LogP contribution in [0.1, 0.15) is 23.6 Å². The Balaban J connectivity index is 2.25. The van der Waals surface area contributed by atoms with E-state index in [9.17, 15) is 5.26 Å². The van der Waals surface area contributed by atoms with E-state index in [2.05, 4.69) is 49.1 Å². The van der Waals surface area contributed by atoms with E-state index in [1.807, 2.05) is 18.2 Å². The fourth-order valence-electron chi connectivity index (χ4n) is 2.37. The number of ether oxygens (including phenoxy) is 1. The van der Waals surface area contributed by atoms with Crippen molar-refractivity contribution < 1.29 is 4.74 Å². The van der Waals surface area contributed by atoms with E-state index in [4.69, 9.17) is 4.74 Å². The van der Waals surface area contributed by atoms with E-state index in [1.165, 1.54) is 11.3 Å². The van der Waals surface area contributed by atoms with Crippen LogP contribution in [0.3, 0.4) is 0 Å². The van der Waals surface area contributed by atoms with Crippen LogP contribution in [0.25, 0.3) is 0 Å². The van der Waals surface area contributed by atoms with Crippen LogP contribution in [0.15, 0.2) is 42.5 Å². The molecule has 0 fully saturated rings. The molecule has 0 heterocycles. The first-order valence-electron chi connectivity index (χ1n) is 7.06. The summed E-state index contributed by atoms with van der Waals surface area (Å²) in [4.78, 5) is 2.29. The van der Waals surface area contributed by atoms with Gasteiger partial charge in [-0.15, -0.1) is 0 Å². The van der Waals surface area contributed by atoms with Crippen molar-refractivity contribution in [1.29, 1.82) is 5.26 Å². The van der Waals surface area contributed by atoms with E-state index >= 15 is 0 Å². The van der Waals surface area contributed by atoms with Gasteiger partial charge in [0.25, 0.3) is 0 Å². The Morgan fingerprint density at radius 3 is 2.62 bits per heavy atom. The molecule has 108 valence electrons. The molecule has 3 nitrogen and oxygen atoms in total. The smallest absolute Gasteiger partial charge is 0.136 e. The average molecular weight is 280 g/mol. The second-order valence-corrected chi connectivity index (χ2v) is 5.00. The number of aryl methyl sites for hydroxylation is 1. The van der Waals surface area contributed by atoms with Gasteiger partial charge in [-0.2, -0.15) is 5.26 Å². The summed E-state index contributed by atoms with van der Waals surface area (Å²) in [6.07, 6.45) is 0. The molecule has 21 heavy (non-hydrogen) atoms. The summed E-state index contributed by atoms with van der Waals surface area (Å²) in [6.45, 7) is 5.92. The summed E-state index contributed by atoms with van der Waals surface area (Å²) < 4.78 is 5.19. The Kier molecular flexibility index (Phi) is 4.84. The molecule has 0 unspecified atom stereocenters. The van der Waals surface area contributed by atoms with Crippen LogP contribution in [0.5, 0.6) is 5.75 Å². The second kappa shape index (κ2) is 6.81. The maximum atomic E-state index is 9.18. The van der Waals surface area contributed by atoms with Gasteiger partial charge in [0.1, 0.15) is 11.8 Å². The molecule has 0 N–H and O–H groups in total. The molecule has 0 amide bonds. The highest BCUT2D eigenvalue weighted by Crippen LogP contribution is 2.22. The fourth-order valence-corrected chi connectivity index (χ4v) is 2.37. The first kappa shape index (κ1) is 14.9. The van der Waals surface area contributed by atoms with Crippen molar-refractivity contribution in [2.75, 3.05) is 18.6 Å². The number of hydrogen-bond donors (Lipinski definition) is 0. The molecule has 0 atom stereocenters. The van der Waals surface area contributed by atoms with Crippen LogP contribution in [-0.2, 0) is 6.54 Å². The maximum absolute atomic E-state index is 9.18. The quantitative estimate of drug-likeness (QED) is 0.833. The molecular formula is C18H20N2O. The van der Waals surface area contributed by atoms with E-state index in [0.29, 0.717) is 11.3 Å². The van der Waals surface area contributed by atoms with Gasteiger partial charge in [0.15, 0.2) is 0 Å². The van der Waals surface area contributed by atoms with Crippen LogP contribution in [-0.4, -0.2) is 13.7 Å². The Labute approximate surface area is 126 Å². The third-order valence-corrected chi connectivity index (χ3v) is 3.51. The van der Waals surface area contributed by atoms with Crippen molar-refractivity contribution in [3.63, 3.8) is 0 Å². The number of methoxy groups -OCH3 is 1. The number of anilines is 1. The van der Waals surface area contributed by atoms with Gasteiger partial charge in [0.05, 0.1) is 12.7 Å². The highest BCUT2D eigenvalue weighted by molar-refractivity contribution is 5.50. The molecule has 0 radical (unpaired) electrons. The normalized spacial score (nSPS) is 10.0. The number of benzene rings is 2. The van der Waals surface area contributed by atoms with Gasteiger partial charge in [0.2, 0.25) is 0 Å². The highest BCUT2D eigenvalue weighted by atomic mass is 16.5. The van der Waals surface area contributed by atoms with Gasteiger partial charge < -0.3 is 9.64 Å². The number of rotatable bonds is 5. The number of nitrogens with zero attached hydrogens (tertiary/aromatic N) is 2. The minimum atomic E-state index is 0.579. The SMILES string of the molecule is CCN(Cc1ccc(OC)c(C#N)c1)c1cccc(C)c1. The summed E-state index contributed by atoms with van der Waals surface area (Å²) in [5.74, 6) is 0.625. The molecule has 2 rings (SSSR count). The zero-order valence-electron chi connectivity index (χ0n) is 12.8. The van der Waals surface area contributed by atoms with E-state index in [-0.39, 0.29) is 0 Å². The van der Waals surface area contributed by atoms with Gasteiger partial charge in [-0.25, -0.2) is 0 Å². The van der Waals surface area contributed by atoms with Gasteiger partial charge >= 0.3 is 0 Å². The van der Waals surface area contributed by atoms with E-state index < -0.39 is 0 Å². The van der Waals surface area contributed by atoms with Crippen molar-refractivity contribution in [2.24, 2.45) is 0 Å². The van der Waals surface area contributed by atoms with Crippen molar-refractivity contribution >= 4 is 5.69 Å². The predicted octanol–water partition coefficient (Wildman–Crippen LogP) is 3.90. The Bertz CT molecular complexity index is 659. The zero-order chi connectivity index (χ0) is 15.2. The molecule has 0 bridgehead atoms. The molecule has 0 aliphatic heterocycles. The third-order valence-electron chi connectivity index (χ3n) is 3.51. The van der Waals surface area contributed by atoms with Crippen LogP contribution in [0.2, 0.25) is 0 Å². The standard InChI is InChI=1S/C18H20N2O/c1-4-20(17-7-5-6-14(2)10-17)13-15-8-9-18(21-3)16(11-15)12-19/h5-11H,4,13H2,1-3H3. The third kappa shape index (κ3) is 3.55. The van der Waals surface area contributed by atoms with Gasteiger partial charge in [-0.05, 0) is 49.2 Å². The number of hydrogen-bond acceptors (Lipinski definition) is 3. The summed E-state index contributed by atoms with van der Waals surface area (Å²) >= 11 is 0. The molecule has 0 saturated heterocycles. The van der Waals surface area contributed by atoms with Crippen LogP contribution >= 0.6 is 0 Å². The lowest BCUT2D eigenvalue weighted by Gasteiger charge is -2.24. The first-order valence-corrected chi connectivity index (χ1v) is 7.06. The molecule has 0 aliphatic rings. The largest absolute Gasteiger partial charge is 0.495 e. The average Bonchev–Trinajstić information content (AvgIpc) is 2.52. The Morgan fingerprint density at radius 2 is 2.00 bits per heavy atom. The predicted molar refractivity (Wildman–Crippen MR) is 85.6 cm³/mol. The minimum absolute atomic E-state index is 0.579. The van der Waals surface area contributed by atoms with Crippen molar-refractivity contribution in [3.05, 3.63) is 59.2 Å². The fraction of sp³-hybridized carbons (Fsp3) is 0.278. The Hall–Kier alpha value is -2.47. The first-order chi connectivity index (χ1) is 10.2.